The van der Waals surface area contributed by atoms with Gasteiger partial charge in [0.15, 0.2) is 0 Å². The molecule has 0 saturated heterocycles. The molecule has 2 aromatic carbocycles. The molecule has 0 bridgehead atoms. The van der Waals surface area contributed by atoms with Crippen molar-refractivity contribution in [3.05, 3.63) is 83.3 Å². The Bertz CT molecular complexity index is 550. The maximum absolute atomic E-state index is 5.00. The van der Waals surface area contributed by atoms with Gasteiger partial charge in [-0.1, -0.05) is 66.7 Å². The first-order chi connectivity index (χ1) is 9.18. The molecule has 0 unspecified atom stereocenters. The Morgan fingerprint density at radius 3 is 1.95 bits per heavy atom. The van der Waals surface area contributed by atoms with Crippen molar-refractivity contribution < 1.29 is 18.2 Å². The molecule has 0 fully saturated rings. The van der Waals surface area contributed by atoms with Gasteiger partial charge in [-0.15, -0.1) is 0 Å². The molecule has 0 N–H and O–H groups in total. The van der Waals surface area contributed by atoms with Gasteiger partial charge in [0.2, 0.25) is 0 Å². The molecule has 0 amide bonds. The Kier molecular flexibility index (Phi) is 6.17. The Labute approximate surface area is 132 Å². The van der Waals surface area contributed by atoms with Gasteiger partial charge >= 0.3 is 43.7 Å². The quantitative estimate of drug-likeness (QED) is 0.583. The molecule has 19 heavy (non-hydrogen) atoms. The Balaban J connectivity index is 0.000000297. The third kappa shape index (κ3) is 4.46. The summed E-state index contributed by atoms with van der Waals surface area (Å²) in [5.41, 5.74) is 3.94. The van der Waals surface area contributed by atoms with Gasteiger partial charge in [-0.25, -0.2) is 0 Å². The van der Waals surface area contributed by atoms with Crippen LogP contribution >= 0.6 is 25.5 Å². The summed E-state index contributed by atoms with van der Waals surface area (Å²) in [4.78, 5) is 0. The van der Waals surface area contributed by atoms with E-state index in [0.29, 0.717) is 0 Å². The maximum atomic E-state index is 5.00. The molecule has 0 spiro atoms. The number of hydrogen-bond donors (Lipinski definition) is 0. The minimum absolute atomic E-state index is 1.29. The molecule has 1 aliphatic carbocycles. The van der Waals surface area contributed by atoms with Crippen LogP contribution in [0.2, 0.25) is 0 Å². The van der Waals surface area contributed by atoms with E-state index in [-0.39, 0.29) is 0 Å². The Morgan fingerprint density at radius 2 is 1.26 bits per heavy atom. The summed E-state index contributed by atoms with van der Waals surface area (Å²) in [5.74, 6) is 1.33. The van der Waals surface area contributed by atoms with Crippen LogP contribution in [0.25, 0.3) is 6.08 Å². The fraction of sp³-hybridized carbons (Fsp3) is 0. The van der Waals surface area contributed by atoms with E-state index in [9.17, 15) is 0 Å². The predicted molar refractivity (Wildman–Crippen MR) is 80.9 cm³/mol. The average molecular weight is 389 g/mol. The molecule has 96 valence electrons. The fourth-order valence-electron chi connectivity index (χ4n) is 2.02. The third-order valence-corrected chi connectivity index (χ3v) is 2.77. The Hall–Kier alpha value is -0.0669. The van der Waals surface area contributed by atoms with E-state index < -0.39 is 18.2 Å². The molecule has 0 aliphatic heterocycles. The fourth-order valence-corrected chi connectivity index (χ4v) is 2.02. The number of hydrogen-bond acceptors (Lipinski definition) is 0. The monoisotopic (exact) mass is 386 g/mol. The second-order valence-electron chi connectivity index (χ2n) is 3.91. The molecule has 1 radical (unpaired) electrons. The molecule has 3 rings (SSSR count). The van der Waals surface area contributed by atoms with Crippen molar-refractivity contribution in [1.29, 1.82) is 0 Å². The van der Waals surface area contributed by atoms with Crippen molar-refractivity contribution in [3.8, 4) is 0 Å². The molecule has 0 saturated carbocycles. The summed E-state index contributed by atoms with van der Waals surface area (Å²) in [6.45, 7) is 0. The van der Waals surface area contributed by atoms with E-state index in [2.05, 4.69) is 66.7 Å². The van der Waals surface area contributed by atoms with Crippen LogP contribution < -0.4 is 0 Å². The normalized spacial score (nSPS) is 12.6. The van der Waals surface area contributed by atoms with Gasteiger partial charge in [-0.2, -0.15) is 0 Å². The number of allylic oxidation sites excluding steroid dienone is 1. The van der Waals surface area contributed by atoms with Crippen molar-refractivity contribution in [1.82, 2.24) is 0 Å². The molecule has 0 nitrogen and oxygen atoms in total. The summed E-state index contributed by atoms with van der Waals surface area (Å²) < 4.78 is 0. The van der Waals surface area contributed by atoms with E-state index in [1.807, 2.05) is 0 Å². The van der Waals surface area contributed by atoms with E-state index in [4.69, 9.17) is 25.5 Å². The van der Waals surface area contributed by atoms with Crippen LogP contribution in [-0.2, 0) is 18.2 Å². The van der Waals surface area contributed by atoms with Crippen LogP contribution in [0.3, 0.4) is 0 Å². The standard InChI is InChI=1S/C15H11.3ClH.Zr/c1-2-6-12(7-3-1)15-11-10-13-8-4-5-9-14(13)15;;;;/h1-11H;3*1H;/q;;;;+3/p-3. The van der Waals surface area contributed by atoms with Gasteiger partial charge in [0, 0.05) is 0 Å². The second kappa shape index (κ2) is 7.65. The first-order valence-electron chi connectivity index (χ1n) is 5.72. The average Bonchev–Trinajstić information content (AvgIpc) is 2.83. The van der Waals surface area contributed by atoms with Gasteiger partial charge in [-0.05, 0) is 16.7 Å². The molecule has 0 atom stereocenters. The third-order valence-electron chi connectivity index (χ3n) is 2.77. The van der Waals surface area contributed by atoms with Crippen molar-refractivity contribution >= 4 is 31.6 Å². The zero-order chi connectivity index (χ0) is 13.7. The van der Waals surface area contributed by atoms with Crippen molar-refractivity contribution in [2.24, 2.45) is 0 Å². The molecular weight excluding hydrogens is 378 g/mol. The topological polar surface area (TPSA) is 0 Å². The van der Waals surface area contributed by atoms with E-state index >= 15 is 0 Å². The predicted octanol–water partition coefficient (Wildman–Crippen LogP) is 5.75. The second-order valence-corrected chi connectivity index (χ2v) is 15.1. The van der Waals surface area contributed by atoms with Gasteiger partial charge in [0.05, 0.1) is 5.92 Å². The van der Waals surface area contributed by atoms with Gasteiger partial charge in [0.25, 0.3) is 0 Å². The summed E-state index contributed by atoms with van der Waals surface area (Å²) in [7, 11) is 15.0. The molecule has 4 heteroatoms. The number of halogens is 3. The summed E-state index contributed by atoms with van der Waals surface area (Å²) >= 11 is -2.13. The Morgan fingerprint density at radius 1 is 0.684 bits per heavy atom. The molecule has 2 aromatic rings. The van der Waals surface area contributed by atoms with Crippen LogP contribution in [0, 0.1) is 5.92 Å². The molecular formula is C15H11Cl3Zr. The zero-order valence-electron chi connectivity index (χ0n) is 9.98. The summed E-state index contributed by atoms with van der Waals surface area (Å²) in [5, 5.41) is 0. The van der Waals surface area contributed by atoms with E-state index in [1.165, 1.54) is 22.6 Å². The number of rotatable bonds is 1. The number of benzene rings is 2. The summed E-state index contributed by atoms with van der Waals surface area (Å²) in [6.07, 6.45) is 4.37. The molecule has 0 heterocycles. The van der Waals surface area contributed by atoms with Crippen LogP contribution in [0.1, 0.15) is 16.7 Å². The van der Waals surface area contributed by atoms with Crippen molar-refractivity contribution in [2.45, 2.75) is 0 Å². The van der Waals surface area contributed by atoms with Crippen LogP contribution in [0.4, 0.5) is 0 Å². The van der Waals surface area contributed by atoms with Crippen molar-refractivity contribution in [3.63, 3.8) is 0 Å². The van der Waals surface area contributed by atoms with Crippen LogP contribution in [-0.4, -0.2) is 0 Å². The SMILES string of the molecule is C1=Cc2ccccc2[C]1c1ccccc1.[Cl][Zr]([Cl])[Cl]. The van der Waals surface area contributed by atoms with Gasteiger partial charge < -0.3 is 0 Å². The van der Waals surface area contributed by atoms with Gasteiger partial charge in [-0.3, -0.25) is 0 Å². The minimum atomic E-state index is -2.13. The van der Waals surface area contributed by atoms with Gasteiger partial charge in [0.1, 0.15) is 0 Å². The first kappa shape index (κ1) is 15.3. The van der Waals surface area contributed by atoms with Crippen LogP contribution in [0.15, 0.2) is 60.7 Å². The zero-order valence-corrected chi connectivity index (χ0v) is 14.7. The van der Waals surface area contributed by atoms with E-state index in [1.54, 1.807) is 0 Å². The first-order valence-corrected chi connectivity index (χ1v) is 15.2. The summed E-state index contributed by atoms with van der Waals surface area (Å²) in [6, 6.07) is 19.0. The molecule has 1 aliphatic rings. The van der Waals surface area contributed by atoms with Crippen molar-refractivity contribution in [2.75, 3.05) is 0 Å². The number of fused-ring (bicyclic) bond motifs is 1. The van der Waals surface area contributed by atoms with E-state index in [0.717, 1.165) is 0 Å². The molecule has 0 aromatic heterocycles. The van der Waals surface area contributed by atoms with Crippen LogP contribution in [0.5, 0.6) is 0 Å².